The first-order valence-corrected chi connectivity index (χ1v) is 9.67. The maximum atomic E-state index is 14.3. The summed E-state index contributed by atoms with van der Waals surface area (Å²) >= 11 is 7.39. The highest BCUT2D eigenvalue weighted by Crippen LogP contribution is 2.23. The van der Waals surface area contributed by atoms with Gasteiger partial charge in [-0.1, -0.05) is 35.9 Å². The quantitative estimate of drug-likeness (QED) is 0.528. The maximum absolute atomic E-state index is 14.3. The fourth-order valence-electron chi connectivity index (χ4n) is 2.71. The highest BCUT2D eigenvalue weighted by molar-refractivity contribution is 7.09. The summed E-state index contributed by atoms with van der Waals surface area (Å²) in [5, 5.41) is 5.18. The lowest BCUT2D eigenvalue weighted by Crippen LogP contribution is -2.18. The summed E-state index contributed by atoms with van der Waals surface area (Å²) in [7, 11) is 0. The molecule has 1 amide bonds. The van der Waals surface area contributed by atoms with Crippen LogP contribution in [0.5, 0.6) is 0 Å². The van der Waals surface area contributed by atoms with Crippen LogP contribution >= 0.6 is 22.9 Å². The van der Waals surface area contributed by atoms with Gasteiger partial charge in [0.15, 0.2) is 5.78 Å². The number of carbonyl (C=O) groups is 2. The van der Waals surface area contributed by atoms with E-state index in [2.05, 4.69) is 5.32 Å². The molecular formula is C21H17ClFNO2S. The molecule has 0 saturated carbocycles. The maximum Gasteiger partial charge on any atom is 0.228 e. The number of hydrogen-bond acceptors (Lipinski definition) is 3. The number of nitrogens with one attached hydrogen (secondary N) is 1. The van der Waals surface area contributed by atoms with Crippen molar-refractivity contribution in [2.24, 2.45) is 0 Å². The first-order valence-electron chi connectivity index (χ1n) is 8.41. The Morgan fingerprint density at radius 1 is 1.04 bits per heavy atom. The second-order valence-corrected chi connectivity index (χ2v) is 7.49. The van der Waals surface area contributed by atoms with E-state index in [0.717, 1.165) is 10.4 Å². The van der Waals surface area contributed by atoms with E-state index in [-0.39, 0.29) is 35.8 Å². The van der Waals surface area contributed by atoms with Crippen molar-refractivity contribution >= 4 is 40.3 Å². The molecule has 1 heterocycles. The van der Waals surface area contributed by atoms with Gasteiger partial charge in [0.2, 0.25) is 5.91 Å². The Kier molecular flexibility index (Phi) is 6.37. The van der Waals surface area contributed by atoms with Crippen LogP contribution in [0.3, 0.4) is 0 Å². The van der Waals surface area contributed by atoms with Gasteiger partial charge in [0, 0.05) is 16.3 Å². The molecule has 0 aliphatic rings. The molecule has 0 saturated heterocycles. The van der Waals surface area contributed by atoms with Crippen LogP contribution in [0.2, 0.25) is 5.02 Å². The average Bonchev–Trinajstić information content (AvgIpc) is 3.15. The smallest absolute Gasteiger partial charge is 0.228 e. The number of anilines is 1. The summed E-state index contributed by atoms with van der Waals surface area (Å²) in [5.41, 5.74) is 0.905. The molecule has 0 unspecified atom stereocenters. The first kappa shape index (κ1) is 19.3. The van der Waals surface area contributed by atoms with Gasteiger partial charge in [-0.15, -0.1) is 11.3 Å². The molecule has 0 radical (unpaired) electrons. The first-order chi connectivity index (χ1) is 13.0. The third-order valence-corrected chi connectivity index (χ3v) is 5.21. The summed E-state index contributed by atoms with van der Waals surface area (Å²) < 4.78 is 14.3. The monoisotopic (exact) mass is 401 g/mol. The minimum absolute atomic E-state index is 0.0708. The molecule has 0 spiro atoms. The van der Waals surface area contributed by atoms with Crippen LogP contribution in [0, 0.1) is 5.82 Å². The molecule has 138 valence electrons. The Hall–Kier alpha value is -2.50. The van der Waals surface area contributed by atoms with Crippen LogP contribution in [0.25, 0.3) is 0 Å². The zero-order valence-corrected chi connectivity index (χ0v) is 15.9. The van der Waals surface area contributed by atoms with Crippen LogP contribution in [-0.2, 0) is 17.6 Å². The van der Waals surface area contributed by atoms with Gasteiger partial charge in [-0.25, -0.2) is 4.39 Å². The second kappa shape index (κ2) is 8.93. The SMILES string of the molecule is O=C(Cc1ccc(Cl)cc1)Nc1cccc(F)c1C(=O)CCc1cccs1. The molecule has 0 bridgehead atoms. The fraction of sp³-hybridized carbons (Fsp3) is 0.143. The second-order valence-electron chi connectivity index (χ2n) is 6.02. The predicted octanol–water partition coefficient (Wildman–Crippen LogP) is 5.54. The van der Waals surface area contributed by atoms with Crippen molar-refractivity contribution in [2.75, 3.05) is 5.32 Å². The Morgan fingerprint density at radius 2 is 1.81 bits per heavy atom. The van der Waals surface area contributed by atoms with E-state index in [1.54, 1.807) is 41.7 Å². The third kappa shape index (κ3) is 5.25. The molecular weight excluding hydrogens is 385 g/mol. The van der Waals surface area contributed by atoms with Gasteiger partial charge < -0.3 is 5.32 Å². The number of halogens is 2. The fourth-order valence-corrected chi connectivity index (χ4v) is 3.55. The molecule has 0 aliphatic heterocycles. The van der Waals surface area contributed by atoms with Crippen molar-refractivity contribution in [1.82, 2.24) is 0 Å². The third-order valence-electron chi connectivity index (χ3n) is 4.02. The summed E-state index contributed by atoms with van der Waals surface area (Å²) in [6, 6.07) is 15.0. The Balaban J connectivity index is 1.71. The van der Waals surface area contributed by atoms with E-state index < -0.39 is 5.82 Å². The lowest BCUT2D eigenvalue weighted by atomic mass is 10.0. The summed E-state index contributed by atoms with van der Waals surface area (Å²) in [5.74, 6) is -1.28. The van der Waals surface area contributed by atoms with Gasteiger partial charge in [0.1, 0.15) is 5.82 Å². The van der Waals surface area contributed by atoms with Crippen molar-refractivity contribution < 1.29 is 14.0 Å². The number of rotatable bonds is 7. The van der Waals surface area contributed by atoms with E-state index >= 15 is 0 Å². The molecule has 1 aromatic heterocycles. The number of ketones is 1. The molecule has 0 fully saturated rings. The van der Waals surface area contributed by atoms with Crippen molar-refractivity contribution in [1.29, 1.82) is 0 Å². The highest BCUT2D eigenvalue weighted by atomic mass is 35.5. The molecule has 3 aromatic rings. The molecule has 2 aromatic carbocycles. The largest absolute Gasteiger partial charge is 0.325 e. The lowest BCUT2D eigenvalue weighted by molar-refractivity contribution is -0.115. The van der Waals surface area contributed by atoms with Crippen molar-refractivity contribution in [2.45, 2.75) is 19.3 Å². The molecule has 6 heteroatoms. The van der Waals surface area contributed by atoms with Gasteiger partial charge in [-0.2, -0.15) is 0 Å². The number of hydrogen-bond donors (Lipinski definition) is 1. The van der Waals surface area contributed by atoms with Crippen LogP contribution in [0.1, 0.15) is 27.2 Å². The zero-order chi connectivity index (χ0) is 19.2. The van der Waals surface area contributed by atoms with Crippen LogP contribution in [0.4, 0.5) is 10.1 Å². The number of thiophene rings is 1. The summed E-state index contributed by atoms with van der Waals surface area (Å²) in [4.78, 5) is 25.9. The lowest BCUT2D eigenvalue weighted by Gasteiger charge is -2.11. The summed E-state index contributed by atoms with van der Waals surface area (Å²) in [6.45, 7) is 0. The van der Waals surface area contributed by atoms with Crippen molar-refractivity contribution in [3.63, 3.8) is 0 Å². The number of amides is 1. The van der Waals surface area contributed by atoms with Gasteiger partial charge in [0.25, 0.3) is 0 Å². The molecule has 27 heavy (non-hydrogen) atoms. The molecule has 3 nitrogen and oxygen atoms in total. The molecule has 3 rings (SSSR count). The number of aryl methyl sites for hydroxylation is 1. The van der Waals surface area contributed by atoms with E-state index in [0.29, 0.717) is 11.4 Å². The summed E-state index contributed by atoms with van der Waals surface area (Å²) in [6.07, 6.45) is 0.834. The Labute approximate surface area is 165 Å². The Bertz CT molecular complexity index is 939. The standard InChI is InChI=1S/C21H17ClFNO2S/c22-15-8-6-14(7-9-15)13-20(26)24-18-5-1-4-17(23)21(18)19(25)11-10-16-3-2-12-27-16/h1-9,12H,10-11,13H2,(H,24,26). The van der Waals surface area contributed by atoms with Crippen molar-refractivity contribution in [3.8, 4) is 0 Å². The van der Waals surface area contributed by atoms with Crippen LogP contribution in [0.15, 0.2) is 60.0 Å². The molecule has 0 atom stereocenters. The van der Waals surface area contributed by atoms with Gasteiger partial charge >= 0.3 is 0 Å². The molecule has 1 N–H and O–H groups in total. The minimum atomic E-state index is -0.629. The molecule has 0 aliphatic carbocycles. The number of benzene rings is 2. The Morgan fingerprint density at radius 3 is 2.52 bits per heavy atom. The van der Waals surface area contributed by atoms with E-state index in [1.165, 1.54) is 12.1 Å². The average molecular weight is 402 g/mol. The van der Waals surface area contributed by atoms with Gasteiger partial charge in [-0.3, -0.25) is 9.59 Å². The van der Waals surface area contributed by atoms with E-state index in [9.17, 15) is 14.0 Å². The normalized spacial score (nSPS) is 10.6. The topological polar surface area (TPSA) is 46.2 Å². The minimum Gasteiger partial charge on any atom is -0.325 e. The van der Waals surface area contributed by atoms with Crippen LogP contribution < -0.4 is 5.32 Å². The van der Waals surface area contributed by atoms with Crippen molar-refractivity contribution in [3.05, 3.63) is 86.8 Å². The number of carbonyl (C=O) groups excluding carboxylic acids is 2. The zero-order valence-electron chi connectivity index (χ0n) is 14.4. The van der Waals surface area contributed by atoms with E-state index in [1.807, 2.05) is 17.5 Å². The van der Waals surface area contributed by atoms with E-state index in [4.69, 9.17) is 11.6 Å². The predicted molar refractivity (Wildman–Crippen MR) is 107 cm³/mol. The van der Waals surface area contributed by atoms with Gasteiger partial charge in [0.05, 0.1) is 17.7 Å². The van der Waals surface area contributed by atoms with Crippen LogP contribution in [-0.4, -0.2) is 11.7 Å². The van der Waals surface area contributed by atoms with Gasteiger partial charge in [-0.05, 0) is 47.7 Å². The number of Topliss-reactive ketones (excluding diaryl/α,β-unsaturated/α-hetero) is 1. The highest BCUT2D eigenvalue weighted by Gasteiger charge is 2.18.